The smallest absolute Gasteiger partial charge is 0.294 e. The van der Waals surface area contributed by atoms with Gasteiger partial charge in [0, 0.05) is 17.1 Å². The Balaban J connectivity index is 1.66. The third-order valence-electron chi connectivity index (χ3n) is 4.02. The second kappa shape index (κ2) is 8.90. The van der Waals surface area contributed by atoms with E-state index in [1.807, 2.05) is 37.3 Å². The predicted molar refractivity (Wildman–Crippen MR) is 111 cm³/mol. The quantitative estimate of drug-likeness (QED) is 0.474. The summed E-state index contributed by atoms with van der Waals surface area (Å²) in [5, 5.41) is 11.5. The number of anilines is 1. The fourth-order valence-electron chi connectivity index (χ4n) is 2.48. The molecule has 7 nitrogen and oxygen atoms in total. The molecule has 1 amide bonds. The molecule has 0 saturated heterocycles. The Bertz CT molecular complexity index is 1060. The lowest BCUT2D eigenvalue weighted by Gasteiger charge is -2.10. The van der Waals surface area contributed by atoms with Gasteiger partial charge in [0.2, 0.25) is 11.1 Å². The normalized spacial score (nSPS) is 10.6. The largest absolute Gasteiger partial charge is 0.334 e. The van der Waals surface area contributed by atoms with Crippen LogP contribution in [0.1, 0.15) is 16.8 Å². The summed E-state index contributed by atoms with van der Waals surface area (Å²) in [7, 11) is 0. The van der Waals surface area contributed by atoms with Gasteiger partial charge in [-0.2, -0.15) is 4.68 Å². The molecule has 1 aromatic heterocycles. The highest BCUT2D eigenvalue weighted by Crippen LogP contribution is 2.23. The van der Waals surface area contributed by atoms with Crippen LogP contribution in [-0.2, 0) is 11.2 Å². The first-order valence-corrected chi connectivity index (χ1v) is 9.77. The van der Waals surface area contributed by atoms with E-state index in [1.54, 1.807) is 18.2 Å². The molecule has 3 rings (SSSR count). The molecule has 28 heavy (non-hydrogen) atoms. The van der Waals surface area contributed by atoms with E-state index >= 15 is 0 Å². The maximum absolute atomic E-state index is 12.4. The van der Waals surface area contributed by atoms with Crippen LogP contribution in [0.25, 0.3) is 0 Å². The van der Waals surface area contributed by atoms with Gasteiger partial charge in [0.05, 0.1) is 5.75 Å². The van der Waals surface area contributed by atoms with Crippen LogP contribution < -0.4 is 16.7 Å². The van der Waals surface area contributed by atoms with E-state index in [0.29, 0.717) is 17.1 Å². The molecule has 3 aromatic rings. The molecule has 0 aliphatic carbocycles. The van der Waals surface area contributed by atoms with Gasteiger partial charge in [-0.15, -0.1) is 10.2 Å². The number of carbonyl (C=O) groups is 1. The first kappa shape index (κ1) is 19.9. The van der Waals surface area contributed by atoms with Crippen LogP contribution in [0, 0.1) is 6.92 Å². The van der Waals surface area contributed by atoms with Crippen molar-refractivity contribution >= 4 is 35.0 Å². The second-order valence-corrected chi connectivity index (χ2v) is 7.37. The molecule has 0 aliphatic heterocycles. The number of amides is 1. The van der Waals surface area contributed by atoms with Crippen LogP contribution in [0.4, 0.5) is 5.69 Å². The number of rotatable bonds is 6. The first-order chi connectivity index (χ1) is 13.5. The molecule has 3 N–H and O–H groups in total. The number of benzene rings is 2. The minimum Gasteiger partial charge on any atom is -0.334 e. The number of aromatic nitrogens is 3. The summed E-state index contributed by atoms with van der Waals surface area (Å²) < 4.78 is 0.924. The fourth-order valence-corrected chi connectivity index (χ4v) is 3.31. The van der Waals surface area contributed by atoms with Crippen molar-refractivity contribution in [1.82, 2.24) is 14.9 Å². The van der Waals surface area contributed by atoms with Crippen LogP contribution in [0.15, 0.2) is 58.5 Å². The zero-order valence-electron chi connectivity index (χ0n) is 15.1. The van der Waals surface area contributed by atoms with Crippen LogP contribution in [0.2, 0.25) is 5.02 Å². The number of thioether (sulfide) groups is 1. The van der Waals surface area contributed by atoms with Crippen molar-refractivity contribution in [1.29, 1.82) is 0 Å². The summed E-state index contributed by atoms with van der Waals surface area (Å²) in [4.78, 5) is 24.6. The van der Waals surface area contributed by atoms with Gasteiger partial charge in [-0.1, -0.05) is 59.8 Å². The molecule has 2 aromatic carbocycles. The molecular weight excluding hydrogens is 398 g/mol. The monoisotopic (exact) mass is 415 g/mol. The molecule has 0 atom stereocenters. The minimum atomic E-state index is -0.438. The first-order valence-electron chi connectivity index (χ1n) is 8.41. The third-order valence-corrected chi connectivity index (χ3v) is 5.37. The summed E-state index contributed by atoms with van der Waals surface area (Å²) in [6, 6.07) is 14.7. The molecule has 0 unspecified atom stereocenters. The Hall–Kier alpha value is -2.84. The molecule has 0 aliphatic rings. The number of hydrogen-bond donors (Lipinski definition) is 2. The number of nitrogens with two attached hydrogens (primary N) is 1. The predicted octanol–water partition coefficient (Wildman–Crippen LogP) is 2.64. The van der Waals surface area contributed by atoms with Crippen molar-refractivity contribution in [2.45, 2.75) is 18.5 Å². The standard InChI is InChI=1S/C19H18ClN5O2S/c1-12-14(20)8-5-9-15(12)22-17(26)11-28-19-24-23-16(18(27)25(19)21)10-13-6-3-2-4-7-13/h2-9H,10-11,21H2,1H3,(H,22,26). The fraction of sp³-hybridized carbons (Fsp3) is 0.158. The highest BCUT2D eigenvalue weighted by molar-refractivity contribution is 7.99. The van der Waals surface area contributed by atoms with E-state index < -0.39 is 5.56 Å². The van der Waals surface area contributed by atoms with Gasteiger partial charge >= 0.3 is 0 Å². The Morgan fingerprint density at radius 2 is 1.93 bits per heavy atom. The highest BCUT2D eigenvalue weighted by atomic mass is 35.5. The summed E-state index contributed by atoms with van der Waals surface area (Å²) >= 11 is 7.08. The van der Waals surface area contributed by atoms with Crippen LogP contribution in [0.3, 0.4) is 0 Å². The molecule has 0 saturated carbocycles. The maximum Gasteiger partial charge on any atom is 0.294 e. The van der Waals surface area contributed by atoms with Crippen molar-refractivity contribution in [3.63, 3.8) is 0 Å². The lowest BCUT2D eigenvalue weighted by Crippen LogP contribution is -2.34. The topological polar surface area (TPSA) is 103 Å². The molecule has 0 radical (unpaired) electrons. The van der Waals surface area contributed by atoms with Gasteiger partial charge in [0.25, 0.3) is 5.56 Å². The number of nitrogens with zero attached hydrogens (tertiary/aromatic N) is 3. The van der Waals surface area contributed by atoms with Crippen molar-refractivity contribution in [3.05, 3.63) is 80.7 Å². The van der Waals surface area contributed by atoms with E-state index in [0.717, 1.165) is 27.6 Å². The Labute approximate surface area is 170 Å². The zero-order valence-corrected chi connectivity index (χ0v) is 16.6. The molecular formula is C19H18ClN5O2S. The Morgan fingerprint density at radius 3 is 2.68 bits per heavy atom. The van der Waals surface area contributed by atoms with E-state index in [2.05, 4.69) is 15.5 Å². The van der Waals surface area contributed by atoms with E-state index in [9.17, 15) is 9.59 Å². The van der Waals surface area contributed by atoms with E-state index in [1.165, 1.54) is 0 Å². The third kappa shape index (κ3) is 4.71. The second-order valence-electron chi connectivity index (χ2n) is 6.02. The van der Waals surface area contributed by atoms with Gasteiger partial charge in [0.15, 0.2) is 0 Å². The van der Waals surface area contributed by atoms with E-state index in [4.69, 9.17) is 17.4 Å². The van der Waals surface area contributed by atoms with Crippen LogP contribution in [-0.4, -0.2) is 26.5 Å². The van der Waals surface area contributed by atoms with Crippen molar-refractivity contribution in [3.8, 4) is 0 Å². The van der Waals surface area contributed by atoms with Crippen LogP contribution >= 0.6 is 23.4 Å². The number of carbonyl (C=O) groups excluding carboxylic acids is 1. The van der Waals surface area contributed by atoms with Crippen LogP contribution in [0.5, 0.6) is 0 Å². The van der Waals surface area contributed by atoms with Gasteiger partial charge < -0.3 is 11.2 Å². The lowest BCUT2D eigenvalue weighted by molar-refractivity contribution is -0.113. The molecule has 0 bridgehead atoms. The number of nitrogens with one attached hydrogen (secondary N) is 1. The van der Waals surface area contributed by atoms with Crippen molar-refractivity contribution in [2.24, 2.45) is 0 Å². The summed E-state index contributed by atoms with van der Waals surface area (Å²) in [5.41, 5.74) is 2.16. The lowest BCUT2D eigenvalue weighted by atomic mass is 10.1. The average molecular weight is 416 g/mol. The van der Waals surface area contributed by atoms with Crippen molar-refractivity contribution < 1.29 is 4.79 Å². The van der Waals surface area contributed by atoms with Gasteiger partial charge in [-0.3, -0.25) is 9.59 Å². The minimum absolute atomic E-state index is 0.0231. The Morgan fingerprint density at radius 1 is 1.18 bits per heavy atom. The summed E-state index contributed by atoms with van der Waals surface area (Å²) in [5.74, 6) is 5.61. The zero-order chi connectivity index (χ0) is 20.1. The van der Waals surface area contributed by atoms with Gasteiger partial charge in [-0.05, 0) is 30.2 Å². The maximum atomic E-state index is 12.4. The Kier molecular flexibility index (Phi) is 6.33. The average Bonchev–Trinajstić information content (AvgIpc) is 2.69. The summed E-state index contributed by atoms with van der Waals surface area (Å²) in [6.45, 7) is 1.82. The number of halogens is 1. The van der Waals surface area contributed by atoms with Gasteiger partial charge in [-0.25, -0.2) is 0 Å². The van der Waals surface area contributed by atoms with Crippen molar-refractivity contribution in [2.75, 3.05) is 16.9 Å². The molecule has 0 fully saturated rings. The SMILES string of the molecule is Cc1c(Cl)cccc1NC(=O)CSc1nnc(Cc2ccccc2)c(=O)n1N. The number of nitrogen functional groups attached to an aromatic ring is 1. The molecule has 0 spiro atoms. The molecule has 144 valence electrons. The molecule has 1 heterocycles. The van der Waals surface area contributed by atoms with E-state index in [-0.39, 0.29) is 22.5 Å². The summed E-state index contributed by atoms with van der Waals surface area (Å²) in [6.07, 6.45) is 0.337. The molecule has 9 heteroatoms. The van der Waals surface area contributed by atoms with Gasteiger partial charge in [0.1, 0.15) is 5.69 Å². The highest BCUT2D eigenvalue weighted by Gasteiger charge is 2.14. The number of hydrogen-bond acceptors (Lipinski definition) is 6.